The lowest BCUT2D eigenvalue weighted by molar-refractivity contribution is -0.143. The van der Waals surface area contributed by atoms with Crippen LogP contribution in [0.25, 0.3) is 0 Å². The number of carbonyl (C=O) groups is 1. The van der Waals surface area contributed by atoms with Crippen molar-refractivity contribution in [3.8, 4) is 0 Å². The Kier molecular flexibility index (Phi) is 4.35. The molecule has 0 aromatic rings. The predicted octanol–water partition coefficient (Wildman–Crippen LogP) is 0.705. The van der Waals surface area contributed by atoms with E-state index in [0.29, 0.717) is 12.1 Å². The maximum absolute atomic E-state index is 11.1. The van der Waals surface area contributed by atoms with E-state index in [9.17, 15) is 4.79 Å². The first-order valence-corrected chi connectivity index (χ1v) is 5.12. The quantitative estimate of drug-likeness (QED) is 0.665. The van der Waals surface area contributed by atoms with Crippen molar-refractivity contribution in [3.05, 3.63) is 0 Å². The van der Waals surface area contributed by atoms with Crippen LogP contribution in [-0.4, -0.2) is 37.9 Å². The Morgan fingerprint density at radius 3 is 2.71 bits per heavy atom. The number of methoxy groups -OCH3 is 1. The third-order valence-electron chi connectivity index (χ3n) is 2.54. The lowest BCUT2D eigenvalue weighted by Gasteiger charge is -2.36. The van der Waals surface area contributed by atoms with Crippen molar-refractivity contribution in [2.75, 3.05) is 13.7 Å². The van der Waals surface area contributed by atoms with Gasteiger partial charge in [0.05, 0.1) is 13.2 Å². The van der Waals surface area contributed by atoms with E-state index < -0.39 is 0 Å². The van der Waals surface area contributed by atoms with Crippen LogP contribution < -0.4 is 5.32 Å². The fourth-order valence-electron chi connectivity index (χ4n) is 1.67. The van der Waals surface area contributed by atoms with E-state index in [4.69, 9.17) is 4.74 Å². The van der Waals surface area contributed by atoms with Gasteiger partial charge in [-0.15, -0.1) is 0 Å². The summed E-state index contributed by atoms with van der Waals surface area (Å²) >= 11 is 0. The molecule has 0 radical (unpaired) electrons. The maximum atomic E-state index is 11.1. The van der Waals surface area contributed by atoms with Crippen LogP contribution >= 0.6 is 0 Å². The second-order valence-corrected chi connectivity index (χ2v) is 3.66. The SMILES string of the molecule is CCOC1CC(NC(C)C(=O)OC)C1. The maximum Gasteiger partial charge on any atom is 0.322 e. The van der Waals surface area contributed by atoms with Crippen molar-refractivity contribution in [1.29, 1.82) is 0 Å². The third kappa shape index (κ3) is 2.96. The summed E-state index contributed by atoms with van der Waals surface area (Å²) in [5.41, 5.74) is 0. The summed E-state index contributed by atoms with van der Waals surface area (Å²) in [7, 11) is 1.41. The van der Waals surface area contributed by atoms with E-state index in [0.717, 1.165) is 19.4 Å². The van der Waals surface area contributed by atoms with Crippen molar-refractivity contribution >= 4 is 5.97 Å². The minimum Gasteiger partial charge on any atom is -0.468 e. The highest BCUT2D eigenvalue weighted by atomic mass is 16.5. The zero-order valence-electron chi connectivity index (χ0n) is 9.08. The van der Waals surface area contributed by atoms with Gasteiger partial charge in [0.25, 0.3) is 0 Å². The molecule has 0 bridgehead atoms. The van der Waals surface area contributed by atoms with E-state index in [1.807, 2.05) is 13.8 Å². The summed E-state index contributed by atoms with van der Waals surface area (Å²) in [4.78, 5) is 11.1. The highest BCUT2D eigenvalue weighted by Crippen LogP contribution is 2.23. The molecule has 0 aliphatic heterocycles. The highest BCUT2D eigenvalue weighted by molar-refractivity contribution is 5.75. The van der Waals surface area contributed by atoms with Gasteiger partial charge < -0.3 is 14.8 Å². The fraction of sp³-hybridized carbons (Fsp3) is 0.900. The molecule has 0 aromatic carbocycles. The van der Waals surface area contributed by atoms with Gasteiger partial charge in [0.2, 0.25) is 0 Å². The van der Waals surface area contributed by atoms with Crippen LogP contribution in [0.4, 0.5) is 0 Å². The molecular formula is C10H19NO3. The van der Waals surface area contributed by atoms with Crippen LogP contribution in [0.1, 0.15) is 26.7 Å². The Morgan fingerprint density at radius 2 is 2.21 bits per heavy atom. The first kappa shape index (κ1) is 11.5. The van der Waals surface area contributed by atoms with Crippen LogP contribution in [0.5, 0.6) is 0 Å². The zero-order valence-corrected chi connectivity index (χ0v) is 9.08. The molecule has 1 saturated carbocycles. The number of hydrogen-bond acceptors (Lipinski definition) is 4. The van der Waals surface area contributed by atoms with Gasteiger partial charge in [0.1, 0.15) is 6.04 Å². The molecule has 1 unspecified atom stereocenters. The molecule has 1 aliphatic rings. The lowest BCUT2D eigenvalue weighted by atomic mass is 9.88. The highest BCUT2D eigenvalue weighted by Gasteiger charge is 2.31. The van der Waals surface area contributed by atoms with Crippen LogP contribution in [0, 0.1) is 0 Å². The van der Waals surface area contributed by atoms with Crippen LogP contribution in [0.2, 0.25) is 0 Å². The first-order chi connectivity index (χ1) is 6.67. The summed E-state index contributed by atoms with van der Waals surface area (Å²) in [6.45, 7) is 4.58. The molecule has 4 nitrogen and oxygen atoms in total. The summed E-state index contributed by atoms with van der Waals surface area (Å²) < 4.78 is 10.0. The van der Waals surface area contributed by atoms with Gasteiger partial charge in [-0.1, -0.05) is 0 Å². The summed E-state index contributed by atoms with van der Waals surface area (Å²) in [5.74, 6) is -0.204. The normalized spacial score (nSPS) is 27.9. The molecule has 4 heteroatoms. The number of nitrogens with one attached hydrogen (secondary N) is 1. The molecule has 0 aromatic heterocycles. The minimum atomic E-state index is -0.215. The number of esters is 1. The van der Waals surface area contributed by atoms with E-state index in [1.165, 1.54) is 7.11 Å². The molecule has 1 aliphatic carbocycles. The van der Waals surface area contributed by atoms with Crippen molar-refractivity contribution in [2.45, 2.75) is 44.9 Å². The van der Waals surface area contributed by atoms with Gasteiger partial charge >= 0.3 is 5.97 Å². The molecule has 82 valence electrons. The van der Waals surface area contributed by atoms with Gasteiger partial charge in [-0.3, -0.25) is 4.79 Å². The van der Waals surface area contributed by atoms with Crippen molar-refractivity contribution < 1.29 is 14.3 Å². The molecule has 0 spiro atoms. The molecular weight excluding hydrogens is 182 g/mol. The number of hydrogen-bond donors (Lipinski definition) is 1. The van der Waals surface area contributed by atoms with Gasteiger partial charge in [-0.05, 0) is 26.7 Å². The van der Waals surface area contributed by atoms with Crippen LogP contribution in [-0.2, 0) is 14.3 Å². The van der Waals surface area contributed by atoms with E-state index in [-0.39, 0.29) is 12.0 Å². The molecule has 14 heavy (non-hydrogen) atoms. The van der Waals surface area contributed by atoms with Crippen LogP contribution in [0.3, 0.4) is 0 Å². The Bertz CT molecular complexity index is 190. The van der Waals surface area contributed by atoms with Gasteiger partial charge in [-0.25, -0.2) is 0 Å². The predicted molar refractivity (Wildman–Crippen MR) is 53.0 cm³/mol. The first-order valence-electron chi connectivity index (χ1n) is 5.12. The minimum absolute atomic E-state index is 0.204. The fourth-order valence-corrected chi connectivity index (χ4v) is 1.67. The van der Waals surface area contributed by atoms with Gasteiger partial charge in [0.15, 0.2) is 0 Å². The van der Waals surface area contributed by atoms with Crippen molar-refractivity contribution in [3.63, 3.8) is 0 Å². The molecule has 0 amide bonds. The molecule has 1 rings (SSSR count). The molecule has 1 N–H and O–H groups in total. The Hall–Kier alpha value is -0.610. The van der Waals surface area contributed by atoms with Crippen LogP contribution in [0.15, 0.2) is 0 Å². The van der Waals surface area contributed by atoms with Gasteiger partial charge in [-0.2, -0.15) is 0 Å². The molecule has 1 fully saturated rings. The molecule has 0 heterocycles. The topological polar surface area (TPSA) is 47.6 Å². The number of carbonyl (C=O) groups excluding carboxylic acids is 1. The van der Waals surface area contributed by atoms with Gasteiger partial charge in [0, 0.05) is 12.6 Å². The monoisotopic (exact) mass is 201 g/mol. The third-order valence-corrected chi connectivity index (χ3v) is 2.54. The second-order valence-electron chi connectivity index (χ2n) is 3.66. The zero-order chi connectivity index (χ0) is 10.6. The summed E-state index contributed by atoms with van der Waals surface area (Å²) in [5, 5.41) is 3.20. The van der Waals surface area contributed by atoms with E-state index in [2.05, 4.69) is 10.1 Å². The smallest absolute Gasteiger partial charge is 0.322 e. The Balaban J connectivity index is 2.13. The van der Waals surface area contributed by atoms with E-state index >= 15 is 0 Å². The largest absolute Gasteiger partial charge is 0.468 e. The molecule has 1 atom stereocenters. The Labute approximate surface area is 85.0 Å². The Morgan fingerprint density at radius 1 is 1.57 bits per heavy atom. The summed E-state index contributed by atoms with van der Waals surface area (Å²) in [6.07, 6.45) is 2.37. The second kappa shape index (κ2) is 5.32. The average molecular weight is 201 g/mol. The lowest BCUT2D eigenvalue weighted by Crippen LogP contribution is -2.51. The molecule has 0 saturated heterocycles. The van der Waals surface area contributed by atoms with Crippen molar-refractivity contribution in [2.24, 2.45) is 0 Å². The summed E-state index contributed by atoms with van der Waals surface area (Å²) in [6, 6.07) is 0.188. The number of ether oxygens (including phenoxy) is 2. The average Bonchev–Trinajstić information content (AvgIpc) is 2.13. The van der Waals surface area contributed by atoms with Crippen molar-refractivity contribution in [1.82, 2.24) is 5.32 Å². The number of rotatable bonds is 5. The standard InChI is InChI=1S/C10H19NO3/c1-4-14-9-5-8(6-9)11-7(2)10(12)13-3/h7-9,11H,4-6H2,1-3H3. The van der Waals surface area contributed by atoms with E-state index in [1.54, 1.807) is 0 Å².